The van der Waals surface area contributed by atoms with Crippen molar-refractivity contribution in [2.45, 2.75) is 10.8 Å². The molecule has 0 unspecified atom stereocenters. The molecular formula is C62H39NO. The Bertz CT molecular complexity index is 3600. The minimum atomic E-state index is -0.689. The van der Waals surface area contributed by atoms with E-state index in [0.717, 1.165) is 44.6 Å². The van der Waals surface area contributed by atoms with Gasteiger partial charge in [-0.15, -0.1) is 0 Å². The van der Waals surface area contributed by atoms with Gasteiger partial charge in [-0.1, -0.05) is 200 Å². The maximum absolute atomic E-state index is 7.15. The number of para-hydroxylation sites is 2. The molecule has 0 amide bonds. The summed E-state index contributed by atoms with van der Waals surface area (Å²) in [5.74, 6) is 0. The summed E-state index contributed by atoms with van der Waals surface area (Å²) in [5, 5.41) is 2.18. The molecule has 0 atom stereocenters. The third kappa shape index (κ3) is 4.44. The number of benzene rings is 10. The van der Waals surface area contributed by atoms with Crippen molar-refractivity contribution in [3.8, 4) is 33.4 Å². The van der Waals surface area contributed by atoms with Crippen LogP contribution in [0.3, 0.4) is 0 Å². The van der Waals surface area contributed by atoms with Gasteiger partial charge in [0.05, 0.1) is 16.5 Å². The normalized spacial score (nSPS) is 14.2. The molecule has 0 bridgehead atoms. The fraction of sp³-hybridized carbons (Fsp3) is 0.0323. The number of anilines is 3. The summed E-state index contributed by atoms with van der Waals surface area (Å²) in [6.07, 6.45) is 0. The van der Waals surface area contributed by atoms with Crippen molar-refractivity contribution in [1.82, 2.24) is 0 Å². The van der Waals surface area contributed by atoms with E-state index in [0.29, 0.717) is 0 Å². The van der Waals surface area contributed by atoms with Crippen LogP contribution in [0, 0.1) is 0 Å². The molecule has 2 nitrogen and oxygen atoms in total. The maximum Gasteiger partial charge on any atom is 0.140 e. The number of nitrogens with zero attached hydrogens (tertiary/aromatic N) is 1. The lowest BCUT2D eigenvalue weighted by molar-refractivity contribution is 0.648. The number of rotatable bonds is 5. The smallest absolute Gasteiger partial charge is 0.140 e. The zero-order valence-electron chi connectivity index (χ0n) is 34.9. The van der Waals surface area contributed by atoms with E-state index in [1.807, 2.05) is 0 Å². The first-order valence-corrected chi connectivity index (χ1v) is 22.3. The van der Waals surface area contributed by atoms with Gasteiger partial charge in [-0.25, -0.2) is 0 Å². The van der Waals surface area contributed by atoms with Crippen LogP contribution in [0.4, 0.5) is 17.1 Å². The number of furan rings is 1. The van der Waals surface area contributed by atoms with E-state index in [1.165, 1.54) is 72.3 Å². The van der Waals surface area contributed by atoms with Crippen LogP contribution in [-0.2, 0) is 10.8 Å². The van der Waals surface area contributed by atoms with Crippen molar-refractivity contribution in [3.63, 3.8) is 0 Å². The zero-order valence-corrected chi connectivity index (χ0v) is 34.9. The van der Waals surface area contributed by atoms with Crippen LogP contribution in [0.2, 0.25) is 0 Å². The van der Waals surface area contributed by atoms with Gasteiger partial charge in [-0.05, 0) is 103 Å². The van der Waals surface area contributed by atoms with Gasteiger partial charge >= 0.3 is 0 Å². The van der Waals surface area contributed by atoms with Crippen molar-refractivity contribution >= 4 is 39.0 Å². The molecule has 0 radical (unpaired) electrons. The summed E-state index contributed by atoms with van der Waals surface area (Å²) in [6, 6.07) is 87.5. The third-order valence-corrected chi connectivity index (χ3v) is 14.5. The first-order valence-electron chi connectivity index (χ1n) is 22.3. The molecule has 10 aromatic carbocycles. The second-order valence-corrected chi connectivity index (χ2v) is 17.4. The van der Waals surface area contributed by atoms with Gasteiger partial charge in [-0.2, -0.15) is 0 Å². The molecule has 0 fully saturated rings. The molecule has 3 aliphatic carbocycles. The van der Waals surface area contributed by atoms with Crippen LogP contribution in [0.15, 0.2) is 241 Å². The highest BCUT2D eigenvalue weighted by molar-refractivity contribution is 6.10. The van der Waals surface area contributed by atoms with E-state index >= 15 is 0 Å². The van der Waals surface area contributed by atoms with E-state index < -0.39 is 10.8 Å². The molecule has 3 aliphatic rings. The first kappa shape index (κ1) is 35.4. The van der Waals surface area contributed by atoms with Crippen LogP contribution in [0.5, 0.6) is 0 Å². The molecule has 0 N–H and O–H groups in total. The van der Waals surface area contributed by atoms with Crippen molar-refractivity contribution < 1.29 is 4.42 Å². The second kappa shape index (κ2) is 13.2. The number of hydrogen-bond donors (Lipinski definition) is 0. The average molecular weight is 814 g/mol. The molecular weight excluding hydrogens is 775 g/mol. The van der Waals surface area contributed by atoms with E-state index in [9.17, 15) is 0 Å². The lowest BCUT2D eigenvalue weighted by Gasteiger charge is -2.35. The van der Waals surface area contributed by atoms with E-state index in [2.05, 4.69) is 241 Å². The van der Waals surface area contributed by atoms with Gasteiger partial charge in [-0.3, -0.25) is 0 Å². The Kier molecular flexibility index (Phi) is 7.28. The Morgan fingerprint density at radius 1 is 0.312 bits per heavy atom. The van der Waals surface area contributed by atoms with E-state index in [1.54, 1.807) is 0 Å². The van der Waals surface area contributed by atoms with Crippen molar-refractivity contribution in [3.05, 3.63) is 281 Å². The van der Waals surface area contributed by atoms with Crippen LogP contribution in [-0.4, -0.2) is 0 Å². The topological polar surface area (TPSA) is 16.4 Å². The minimum absolute atomic E-state index is 0.470. The molecule has 2 heteroatoms. The summed E-state index contributed by atoms with van der Waals surface area (Å²) in [4.78, 5) is 2.51. The van der Waals surface area contributed by atoms with Gasteiger partial charge < -0.3 is 9.32 Å². The lowest BCUT2D eigenvalue weighted by atomic mass is 9.67. The summed E-state index contributed by atoms with van der Waals surface area (Å²) >= 11 is 0. The van der Waals surface area contributed by atoms with Crippen molar-refractivity contribution in [2.24, 2.45) is 0 Å². The van der Waals surface area contributed by atoms with Gasteiger partial charge in [0.25, 0.3) is 0 Å². The molecule has 0 saturated carbocycles. The quantitative estimate of drug-likeness (QED) is 0.172. The van der Waals surface area contributed by atoms with Crippen LogP contribution in [0.1, 0.15) is 44.5 Å². The largest absolute Gasteiger partial charge is 0.456 e. The highest BCUT2D eigenvalue weighted by Crippen LogP contribution is 2.65. The lowest BCUT2D eigenvalue weighted by Crippen LogP contribution is -2.29. The van der Waals surface area contributed by atoms with Crippen molar-refractivity contribution in [2.75, 3.05) is 4.90 Å². The Labute approximate surface area is 372 Å². The Hall–Kier alpha value is -8.20. The van der Waals surface area contributed by atoms with Crippen LogP contribution < -0.4 is 4.90 Å². The maximum atomic E-state index is 7.15. The molecule has 1 spiro atoms. The first-order chi connectivity index (χ1) is 31.8. The molecule has 0 aliphatic heterocycles. The van der Waals surface area contributed by atoms with Crippen LogP contribution >= 0.6 is 0 Å². The second-order valence-electron chi connectivity index (χ2n) is 17.4. The summed E-state index contributed by atoms with van der Waals surface area (Å²) in [7, 11) is 0. The molecule has 0 saturated heterocycles. The standard InChI is InChI=1S/C62H39NO/c1-3-20-40(21-4-1)61(50-30-13-7-24-43(50)44-25-8-14-31-51(44)61)56-39-42(38-49-47-28-12-18-37-58(47)64-60(49)56)63(41-22-5-2-6-23-41)57-36-19-35-55-59(57)48-29-11-17-34-54(48)62(55)52-32-15-9-26-45(52)46-27-10-16-33-53(46)62/h1-39H. The highest BCUT2D eigenvalue weighted by atomic mass is 16.3. The molecule has 64 heavy (non-hydrogen) atoms. The monoisotopic (exact) mass is 813 g/mol. The molecule has 298 valence electrons. The predicted octanol–water partition coefficient (Wildman–Crippen LogP) is 15.8. The Morgan fingerprint density at radius 2 is 0.781 bits per heavy atom. The molecule has 1 aromatic heterocycles. The van der Waals surface area contributed by atoms with Gasteiger partial charge in [0.15, 0.2) is 0 Å². The summed E-state index contributed by atoms with van der Waals surface area (Å²) in [6.45, 7) is 0. The van der Waals surface area contributed by atoms with E-state index in [-0.39, 0.29) is 0 Å². The molecule has 1 heterocycles. The SMILES string of the molecule is c1ccc(N(c2cc(C3(c4ccccc4)c4ccccc4-c4ccccc43)c3oc4ccccc4c3c2)c2cccc3c2-c2ccccc2C32c3ccccc3-c3ccccc32)cc1. The zero-order chi connectivity index (χ0) is 42.0. The third-order valence-electron chi connectivity index (χ3n) is 14.5. The molecule has 11 aromatic rings. The number of fused-ring (bicyclic) bond motifs is 16. The average Bonchev–Trinajstić information content (AvgIpc) is 4.08. The van der Waals surface area contributed by atoms with Crippen molar-refractivity contribution in [1.29, 1.82) is 0 Å². The predicted molar refractivity (Wildman–Crippen MR) is 262 cm³/mol. The van der Waals surface area contributed by atoms with Crippen LogP contribution in [0.25, 0.3) is 55.3 Å². The minimum Gasteiger partial charge on any atom is -0.456 e. The summed E-state index contributed by atoms with van der Waals surface area (Å²) in [5.41, 5.74) is 21.6. The van der Waals surface area contributed by atoms with Gasteiger partial charge in [0.1, 0.15) is 11.2 Å². The summed E-state index contributed by atoms with van der Waals surface area (Å²) < 4.78 is 7.15. The fourth-order valence-corrected chi connectivity index (χ4v) is 12.2. The highest BCUT2D eigenvalue weighted by Gasteiger charge is 2.53. The van der Waals surface area contributed by atoms with Gasteiger partial charge in [0.2, 0.25) is 0 Å². The van der Waals surface area contributed by atoms with Gasteiger partial charge in [0, 0.05) is 33.3 Å². The Balaban J connectivity index is 1.13. The fourth-order valence-electron chi connectivity index (χ4n) is 12.2. The Morgan fingerprint density at radius 3 is 1.39 bits per heavy atom. The van der Waals surface area contributed by atoms with E-state index in [4.69, 9.17) is 4.42 Å². The number of hydrogen-bond acceptors (Lipinski definition) is 2. The molecule has 14 rings (SSSR count).